The molecule has 1 heterocycles. The lowest BCUT2D eigenvalue weighted by Crippen LogP contribution is -2.05. The number of imidazole rings is 1. The van der Waals surface area contributed by atoms with Gasteiger partial charge in [-0.25, -0.2) is 4.98 Å². The Labute approximate surface area is 147 Å². The molecule has 25 heavy (non-hydrogen) atoms. The van der Waals surface area contributed by atoms with Gasteiger partial charge in [-0.05, 0) is 13.3 Å². The molecule has 2 aromatic carbocycles. The van der Waals surface area contributed by atoms with Crippen molar-refractivity contribution in [3.8, 4) is 11.4 Å². The molecule has 4 heteroatoms. The van der Waals surface area contributed by atoms with Gasteiger partial charge in [0.15, 0.2) is 5.78 Å². The van der Waals surface area contributed by atoms with Gasteiger partial charge in [0, 0.05) is 35.9 Å². The molecule has 126 valence electrons. The molecule has 0 bridgehead atoms. The van der Waals surface area contributed by atoms with Crippen LogP contribution in [0.2, 0.25) is 0 Å². The minimum absolute atomic E-state index is 0.0688. The van der Waals surface area contributed by atoms with Crippen molar-refractivity contribution in [1.82, 2.24) is 9.55 Å². The smallest absolute Gasteiger partial charge is 0.163 e. The Morgan fingerprint density at radius 3 is 2.40 bits per heavy atom. The highest BCUT2D eigenvalue weighted by Crippen LogP contribution is 2.22. The number of Topliss-reactive ketones (excluding diaryl/α,β-unsaturated/α-hetero) is 1. The van der Waals surface area contributed by atoms with Gasteiger partial charge >= 0.3 is 0 Å². The number of hydrogen-bond acceptors (Lipinski definition) is 3. The molecular weight excluding hydrogens is 312 g/mol. The highest BCUT2D eigenvalue weighted by Gasteiger charge is 2.15. The SMILES string of the molecule is Cc1nc(-c2ccccc2)n(C)c1CCC(=O)c1ccc(C=O)cc1. The molecule has 0 aliphatic rings. The third-order valence-corrected chi connectivity index (χ3v) is 4.40. The first-order valence-electron chi connectivity index (χ1n) is 8.26. The predicted molar refractivity (Wildman–Crippen MR) is 97.9 cm³/mol. The van der Waals surface area contributed by atoms with Gasteiger partial charge < -0.3 is 4.57 Å². The van der Waals surface area contributed by atoms with Gasteiger partial charge in [-0.3, -0.25) is 9.59 Å². The van der Waals surface area contributed by atoms with Crippen LogP contribution in [0.25, 0.3) is 11.4 Å². The molecular formula is C21H20N2O2. The maximum atomic E-state index is 12.4. The van der Waals surface area contributed by atoms with Gasteiger partial charge in [-0.1, -0.05) is 54.6 Å². The number of hydrogen-bond donors (Lipinski definition) is 0. The summed E-state index contributed by atoms with van der Waals surface area (Å²) in [6.07, 6.45) is 1.82. The summed E-state index contributed by atoms with van der Waals surface area (Å²) in [5, 5.41) is 0. The van der Waals surface area contributed by atoms with E-state index in [9.17, 15) is 9.59 Å². The van der Waals surface area contributed by atoms with Gasteiger partial charge in [-0.2, -0.15) is 0 Å². The van der Waals surface area contributed by atoms with Crippen LogP contribution in [0, 0.1) is 6.92 Å². The fourth-order valence-electron chi connectivity index (χ4n) is 2.99. The van der Waals surface area contributed by atoms with Crippen LogP contribution in [0.15, 0.2) is 54.6 Å². The van der Waals surface area contributed by atoms with Crippen molar-refractivity contribution in [2.45, 2.75) is 19.8 Å². The van der Waals surface area contributed by atoms with Gasteiger partial charge in [0.05, 0.1) is 5.69 Å². The molecule has 4 nitrogen and oxygen atoms in total. The number of aromatic nitrogens is 2. The summed E-state index contributed by atoms with van der Waals surface area (Å²) in [5.74, 6) is 0.982. The number of rotatable bonds is 6. The van der Waals surface area contributed by atoms with Crippen molar-refractivity contribution in [2.24, 2.45) is 7.05 Å². The highest BCUT2D eigenvalue weighted by atomic mass is 16.1. The number of ketones is 1. The second-order valence-corrected chi connectivity index (χ2v) is 6.06. The fourth-order valence-corrected chi connectivity index (χ4v) is 2.99. The predicted octanol–water partition coefficient (Wildman–Crippen LogP) is 4.02. The molecule has 0 spiro atoms. The van der Waals surface area contributed by atoms with Gasteiger partial charge in [0.25, 0.3) is 0 Å². The highest BCUT2D eigenvalue weighted by molar-refractivity contribution is 5.96. The van der Waals surface area contributed by atoms with Gasteiger partial charge in [0.1, 0.15) is 12.1 Å². The number of carbonyl (C=O) groups excluding carboxylic acids is 2. The Morgan fingerprint density at radius 1 is 1.08 bits per heavy atom. The lowest BCUT2D eigenvalue weighted by molar-refractivity contribution is 0.0981. The Bertz CT molecular complexity index is 894. The van der Waals surface area contributed by atoms with E-state index >= 15 is 0 Å². The third-order valence-electron chi connectivity index (χ3n) is 4.40. The largest absolute Gasteiger partial charge is 0.331 e. The van der Waals surface area contributed by atoms with E-state index < -0.39 is 0 Å². The van der Waals surface area contributed by atoms with E-state index in [1.165, 1.54) is 0 Å². The standard InChI is InChI=1S/C21H20N2O2/c1-15-19(23(2)21(22-15)18-6-4-3-5-7-18)12-13-20(25)17-10-8-16(14-24)9-11-17/h3-11,14H,12-13H2,1-2H3. The van der Waals surface area contributed by atoms with Crippen LogP contribution in [0.4, 0.5) is 0 Å². The molecule has 0 aliphatic heterocycles. The molecule has 1 aromatic heterocycles. The molecule has 0 aliphatic carbocycles. The zero-order valence-corrected chi connectivity index (χ0v) is 14.4. The summed E-state index contributed by atoms with van der Waals surface area (Å²) in [7, 11) is 1.99. The Hall–Kier alpha value is -3.01. The first kappa shape index (κ1) is 16.8. The summed E-state index contributed by atoms with van der Waals surface area (Å²) >= 11 is 0. The molecule has 0 saturated heterocycles. The van der Waals surface area contributed by atoms with E-state index in [0.29, 0.717) is 24.0 Å². The van der Waals surface area contributed by atoms with E-state index in [4.69, 9.17) is 0 Å². The maximum Gasteiger partial charge on any atom is 0.163 e. The summed E-state index contributed by atoms with van der Waals surface area (Å²) in [4.78, 5) is 27.8. The number of aldehydes is 1. The van der Waals surface area contributed by atoms with Crippen molar-refractivity contribution < 1.29 is 9.59 Å². The number of nitrogens with zero attached hydrogens (tertiary/aromatic N) is 2. The number of aryl methyl sites for hydroxylation is 1. The van der Waals surface area contributed by atoms with Crippen LogP contribution in [0.3, 0.4) is 0 Å². The van der Waals surface area contributed by atoms with E-state index in [-0.39, 0.29) is 5.78 Å². The average Bonchev–Trinajstić information content (AvgIpc) is 2.94. The Balaban J connectivity index is 1.76. The second kappa shape index (κ2) is 7.26. The van der Waals surface area contributed by atoms with Crippen molar-refractivity contribution in [3.63, 3.8) is 0 Å². The van der Waals surface area contributed by atoms with Crippen molar-refractivity contribution in [2.75, 3.05) is 0 Å². The minimum atomic E-state index is 0.0688. The van der Waals surface area contributed by atoms with Crippen LogP contribution in [0.5, 0.6) is 0 Å². The average molecular weight is 332 g/mol. The van der Waals surface area contributed by atoms with Crippen molar-refractivity contribution in [3.05, 3.63) is 77.1 Å². The third kappa shape index (κ3) is 3.58. The first-order chi connectivity index (χ1) is 12.1. The molecule has 0 amide bonds. The molecule has 0 N–H and O–H groups in total. The number of benzene rings is 2. The van der Waals surface area contributed by atoms with Crippen molar-refractivity contribution in [1.29, 1.82) is 0 Å². The van der Waals surface area contributed by atoms with Gasteiger partial charge in [0.2, 0.25) is 0 Å². The molecule has 3 aromatic rings. The molecule has 0 fully saturated rings. The van der Waals surface area contributed by atoms with Crippen LogP contribution in [0.1, 0.15) is 38.5 Å². The zero-order valence-electron chi connectivity index (χ0n) is 14.4. The van der Waals surface area contributed by atoms with E-state index in [1.54, 1.807) is 24.3 Å². The monoisotopic (exact) mass is 332 g/mol. The zero-order chi connectivity index (χ0) is 17.8. The van der Waals surface area contributed by atoms with Crippen LogP contribution >= 0.6 is 0 Å². The Kier molecular flexibility index (Phi) is 4.89. The molecule has 0 saturated carbocycles. The second-order valence-electron chi connectivity index (χ2n) is 6.06. The molecule has 0 atom stereocenters. The lowest BCUT2D eigenvalue weighted by atomic mass is 10.0. The summed E-state index contributed by atoms with van der Waals surface area (Å²) in [5.41, 5.74) is 4.29. The van der Waals surface area contributed by atoms with Crippen molar-refractivity contribution >= 4 is 12.1 Å². The van der Waals surface area contributed by atoms with E-state index in [2.05, 4.69) is 9.55 Å². The first-order valence-corrected chi connectivity index (χ1v) is 8.26. The minimum Gasteiger partial charge on any atom is -0.331 e. The van der Waals surface area contributed by atoms with Crippen LogP contribution in [-0.2, 0) is 13.5 Å². The quantitative estimate of drug-likeness (QED) is 0.506. The summed E-state index contributed by atoms with van der Waals surface area (Å²) in [6, 6.07) is 16.8. The Morgan fingerprint density at radius 2 is 1.76 bits per heavy atom. The van der Waals surface area contributed by atoms with Crippen LogP contribution < -0.4 is 0 Å². The maximum absolute atomic E-state index is 12.4. The van der Waals surface area contributed by atoms with Crippen LogP contribution in [-0.4, -0.2) is 21.6 Å². The fraction of sp³-hybridized carbons (Fsp3) is 0.190. The lowest BCUT2D eigenvalue weighted by Gasteiger charge is -2.07. The van der Waals surface area contributed by atoms with E-state index in [1.807, 2.05) is 44.3 Å². The molecule has 3 rings (SSSR count). The van der Waals surface area contributed by atoms with Gasteiger partial charge in [-0.15, -0.1) is 0 Å². The number of carbonyl (C=O) groups is 2. The normalized spacial score (nSPS) is 10.6. The topological polar surface area (TPSA) is 52.0 Å². The molecule has 0 unspecified atom stereocenters. The summed E-state index contributed by atoms with van der Waals surface area (Å²) < 4.78 is 2.06. The summed E-state index contributed by atoms with van der Waals surface area (Å²) in [6.45, 7) is 1.98. The molecule has 0 radical (unpaired) electrons. The van der Waals surface area contributed by atoms with E-state index in [0.717, 1.165) is 29.1 Å².